The average Bonchev–Trinajstić information content (AvgIpc) is 2.84. The van der Waals surface area contributed by atoms with E-state index in [2.05, 4.69) is 57.3 Å². The highest BCUT2D eigenvalue weighted by Gasteiger charge is 2.34. The van der Waals surface area contributed by atoms with Gasteiger partial charge in [0.1, 0.15) is 0 Å². The molecule has 2 rings (SSSR count). The maximum atomic E-state index is 12.4. The molecular formula is C18H27NO3S. The van der Waals surface area contributed by atoms with E-state index in [1.807, 2.05) is 0 Å². The van der Waals surface area contributed by atoms with Crippen LogP contribution in [-0.4, -0.2) is 25.8 Å². The number of sulfone groups is 1. The number of benzene rings is 1. The molecule has 4 nitrogen and oxygen atoms in total. The van der Waals surface area contributed by atoms with Crippen molar-refractivity contribution in [1.82, 2.24) is 5.32 Å². The molecule has 0 radical (unpaired) electrons. The van der Waals surface area contributed by atoms with Crippen LogP contribution in [0.4, 0.5) is 0 Å². The number of carbonyl (C=O) groups is 1. The Morgan fingerprint density at radius 1 is 1.09 bits per heavy atom. The zero-order valence-electron chi connectivity index (χ0n) is 14.4. The van der Waals surface area contributed by atoms with E-state index in [0.717, 1.165) is 5.56 Å². The van der Waals surface area contributed by atoms with Crippen molar-refractivity contribution < 1.29 is 13.2 Å². The molecule has 1 aliphatic rings. The van der Waals surface area contributed by atoms with Crippen LogP contribution in [0.3, 0.4) is 0 Å². The monoisotopic (exact) mass is 337 g/mol. The van der Waals surface area contributed by atoms with Crippen molar-refractivity contribution in [2.45, 2.75) is 46.1 Å². The van der Waals surface area contributed by atoms with Crippen molar-refractivity contribution in [2.24, 2.45) is 11.8 Å². The van der Waals surface area contributed by atoms with Gasteiger partial charge in [0, 0.05) is 0 Å². The summed E-state index contributed by atoms with van der Waals surface area (Å²) in [6.07, 6.45) is 0.436. The summed E-state index contributed by atoms with van der Waals surface area (Å²) >= 11 is 0. The molecule has 0 bridgehead atoms. The highest BCUT2D eigenvalue weighted by molar-refractivity contribution is 7.91. The van der Waals surface area contributed by atoms with Gasteiger partial charge in [-0.2, -0.15) is 0 Å². The molecule has 0 spiro atoms. The summed E-state index contributed by atoms with van der Waals surface area (Å²) in [5, 5.41) is 3.06. The van der Waals surface area contributed by atoms with Gasteiger partial charge in [0.25, 0.3) is 0 Å². The molecule has 0 aromatic heterocycles. The molecule has 128 valence electrons. The Labute approximate surface area is 139 Å². The summed E-state index contributed by atoms with van der Waals surface area (Å²) in [6, 6.07) is 8.23. The molecule has 23 heavy (non-hydrogen) atoms. The number of nitrogens with one attached hydrogen (secondary N) is 1. The van der Waals surface area contributed by atoms with E-state index in [0.29, 0.717) is 12.3 Å². The van der Waals surface area contributed by atoms with Gasteiger partial charge in [0.15, 0.2) is 9.84 Å². The Hall–Kier alpha value is -1.36. The van der Waals surface area contributed by atoms with Crippen LogP contribution in [0, 0.1) is 11.8 Å². The maximum Gasteiger partial charge on any atom is 0.224 e. The van der Waals surface area contributed by atoms with Crippen LogP contribution < -0.4 is 5.32 Å². The summed E-state index contributed by atoms with van der Waals surface area (Å²) < 4.78 is 23.1. The Balaban J connectivity index is 2.11. The molecule has 1 heterocycles. The standard InChI is InChI=1S/C18H27NO3S/c1-12(2)14-5-7-15(8-6-14)17(13(3)4)19-18(20)16-9-10-23(21,22)11-16/h5-8,12-13,16-17H,9-11H2,1-4H3,(H,19,20)/t16-,17+/m1/s1. The molecule has 1 aromatic carbocycles. The normalized spacial score (nSPS) is 21.6. The molecule has 1 fully saturated rings. The Kier molecular flexibility index (Phi) is 5.50. The third-order valence-corrected chi connectivity index (χ3v) is 6.30. The molecule has 1 N–H and O–H groups in total. The third kappa shape index (κ3) is 4.56. The van der Waals surface area contributed by atoms with E-state index >= 15 is 0 Å². The zero-order chi connectivity index (χ0) is 17.2. The Morgan fingerprint density at radius 3 is 2.09 bits per heavy atom. The van der Waals surface area contributed by atoms with E-state index < -0.39 is 15.8 Å². The van der Waals surface area contributed by atoms with Crippen molar-refractivity contribution in [2.75, 3.05) is 11.5 Å². The summed E-state index contributed by atoms with van der Waals surface area (Å²) in [4.78, 5) is 12.4. The average molecular weight is 337 g/mol. The van der Waals surface area contributed by atoms with Gasteiger partial charge < -0.3 is 5.32 Å². The summed E-state index contributed by atoms with van der Waals surface area (Å²) in [5.74, 6) is 0.270. The SMILES string of the molecule is CC(C)c1ccc([C@@H](NC(=O)[C@@H]2CCS(=O)(=O)C2)C(C)C)cc1. The molecule has 0 saturated carbocycles. The highest BCUT2D eigenvalue weighted by atomic mass is 32.2. The van der Waals surface area contributed by atoms with E-state index in [9.17, 15) is 13.2 Å². The molecule has 1 aromatic rings. The van der Waals surface area contributed by atoms with E-state index in [4.69, 9.17) is 0 Å². The number of hydrogen-bond acceptors (Lipinski definition) is 3. The van der Waals surface area contributed by atoms with E-state index in [-0.39, 0.29) is 29.4 Å². The highest BCUT2D eigenvalue weighted by Crippen LogP contribution is 2.26. The zero-order valence-corrected chi connectivity index (χ0v) is 15.2. The Bertz CT molecular complexity index is 647. The lowest BCUT2D eigenvalue weighted by Crippen LogP contribution is -2.36. The molecule has 0 aliphatic carbocycles. The number of carbonyl (C=O) groups excluding carboxylic acids is 1. The van der Waals surface area contributed by atoms with Gasteiger partial charge in [-0.15, -0.1) is 0 Å². The quantitative estimate of drug-likeness (QED) is 0.898. The molecule has 1 amide bonds. The fraction of sp³-hybridized carbons (Fsp3) is 0.611. The summed E-state index contributed by atoms with van der Waals surface area (Å²) in [7, 11) is -3.04. The minimum Gasteiger partial charge on any atom is -0.349 e. The van der Waals surface area contributed by atoms with E-state index in [1.165, 1.54) is 5.56 Å². The largest absolute Gasteiger partial charge is 0.349 e. The van der Waals surface area contributed by atoms with Crippen LogP contribution in [0.15, 0.2) is 24.3 Å². The topological polar surface area (TPSA) is 63.2 Å². The molecular weight excluding hydrogens is 310 g/mol. The van der Waals surface area contributed by atoms with Crippen LogP contribution in [0.5, 0.6) is 0 Å². The van der Waals surface area contributed by atoms with Crippen LogP contribution in [0.2, 0.25) is 0 Å². The van der Waals surface area contributed by atoms with Gasteiger partial charge >= 0.3 is 0 Å². The smallest absolute Gasteiger partial charge is 0.224 e. The van der Waals surface area contributed by atoms with Crippen molar-refractivity contribution >= 4 is 15.7 Å². The van der Waals surface area contributed by atoms with Crippen molar-refractivity contribution in [3.63, 3.8) is 0 Å². The van der Waals surface area contributed by atoms with Crippen LogP contribution in [0.1, 0.15) is 57.2 Å². The van der Waals surface area contributed by atoms with Gasteiger partial charge in [0.2, 0.25) is 5.91 Å². The first-order valence-electron chi connectivity index (χ1n) is 8.30. The predicted octanol–water partition coefficient (Wildman–Crippen LogP) is 3.06. The summed E-state index contributed by atoms with van der Waals surface area (Å²) in [5.41, 5.74) is 2.34. The maximum absolute atomic E-state index is 12.4. The predicted molar refractivity (Wildman–Crippen MR) is 93.0 cm³/mol. The van der Waals surface area contributed by atoms with Crippen molar-refractivity contribution in [1.29, 1.82) is 0 Å². The fourth-order valence-electron chi connectivity index (χ4n) is 3.00. The lowest BCUT2D eigenvalue weighted by Gasteiger charge is -2.25. The van der Waals surface area contributed by atoms with Crippen LogP contribution in [0.25, 0.3) is 0 Å². The lowest BCUT2D eigenvalue weighted by molar-refractivity contribution is -0.125. The number of amides is 1. The van der Waals surface area contributed by atoms with Gasteiger partial charge in [-0.3, -0.25) is 4.79 Å². The van der Waals surface area contributed by atoms with Gasteiger partial charge in [0.05, 0.1) is 23.5 Å². The van der Waals surface area contributed by atoms with Crippen molar-refractivity contribution in [3.8, 4) is 0 Å². The molecule has 1 saturated heterocycles. The second kappa shape index (κ2) is 7.04. The number of hydrogen-bond donors (Lipinski definition) is 1. The molecule has 2 atom stereocenters. The Morgan fingerprint density at radius 2 is 1.65 bits per heavy atom. The molecule has 1 aliphatic heterocycles. The minimum absolute atomic E-state index is 0.0179. The lowest BCUT2D eigenvalue weighted by atomic mass is 9.92. The molecule has 0 unspecified atom stereocenters. The van der Waals surface area contributed by atoms with E-state index in [1.54, 1.807) is 0 Å². The van der Waals surface area contributed by atoms with Gasteiger partial charge in [-0.05, 0) is 29.4 Å². The molecule has 5 heteroatoms. The first kappa shape index (κ1) is 18.0. The fourth-order valence-corrected chi connectivity index (χ4v) is 4.74. The second-order valence-electron chi connectivity index (χ2n) is 7.15. The minimum atomic E-state index is -3.04. The van der Waals surface area contributed by atoms with Crippen molar-refractivity contribution in [3.05, 3.63) is 35.4 Å². The third-order valence-electron chi connectivity index (χ3n) is 4.53. The first-order chi connectivity index (χ1) is 10.7. The second-order valence-corrected chi connectivity index (χ2v) is 9.38. The first-order valence-corrected chi connectivity index (χ1v) is 10.1. The van der Waals surface area contributed by atoms with Gasteiger partial charge in [-0.1, -0.05) is 52.0 Å². The van der Waals surface area contributed by atoms with Crippen LogP contribution >= 0.6 is 0 Å². The summed E-state index contributed by atoms with van der Waals surface area (Å²) in [6.45, 7) is 8.42. The van der Waals surface area contributed by atoms with Crippen LogP contribution in [-0.2, 0) is 14.6 Å². The number of rotatable bonds is 5. The van der Waals surface area contributed by atoms with Gasteiger partial charge in [-0.25, -0.2) is 8.42 Å².